The Bertz CT molecular complexity index is 1550. The van der Waals surface area contributed by atoms with E-state index in [0.29, 0.717) is 33.8 Å². The van der Waals surface area contributed by atoms with Crippen LogP contribution in [-0.2, 0) is 0 Å². The van der Waals surface area contributed by atoms with E-state index in [-0.39, 0.29) is 11.7 Å². The highest BCUT2D eigenvalue weighted by Gasteiger charge is 2.10. The van der Waals surface area contributed by atoms with Crippen molar-refractivity contribution in [3.63, 3.8) is 0 Å². The van der Waals surface area contributed by atoms with Gasteiger partial charge in [-0.15, -0.1) is 0 Å². The fraction of sp³-hybridized carbons (Fsp3) is 0.0345. The van der Waals surface area contributed by atoms with Crippen LogP contribution in [0.3, 0.4) is 0 Å². The van der Waals surface area contributed by atoms with Crippen molar-refractivity contribution in [2.45, 2.75) is 0 Å². The number of hydrogen-bond acceptors (Lipinski definition) is 7. The molecular weight excluding hydrogens is 466 g/mol. The SMILES string of the molecule is O=C(CO)c1ccc2nccc(Nc3ccc(C(=O)Nc4ccc(Nc5ccccc5)cc4)cn3)c2c1. The third-order valence-electron chi connectivity index (χ3n) is 5.70. The van der Waals surface area contributed by atoms with E-state index >= 15 is 0 Å². The molecule has 0 spiro atoms. The van der Waals surface area contributed by atoms with Crippen molar-refractivity contribution in [3.05, 3.63) is 115 Å². The van der Waals surface area contributed by atoms with Gasteiger partial charge in [-0.2, -0.15) is 0 Å². The zero-order valence-electron chi connectivity index (χ0n) is 19.7. The van der Waals surface area contributed by atoms with Crippen molar-refractivity contribution < 1.29 is 14.7 Å². The number of hydrogen-bond donors (Lipinski definition) is 4. The Labute approximate surface area is 213 Å². The monoisotopic (exact) mass is 489 g/mol. The lowest BCUT2D eigenvalue weighted by molar-refractivity contribution is 0.0903. The van der Waals surface area contributed by atoms with Gasteiger partial charge in [0.15, 0.2) is 5.78 Å². The van der Waals surface area contributed by atoms with Crippen molar-refractivity contribution in [3.8, 4) is 0 Å². The summed E-state index contributed by atoms with van der Waals surface area (Å²) in [5.74, 6) is -0.115. The number of aromatic nitrogens is 2. The summed E-state index contributed by atoms with van der Waals surface area (Å²) in [6, 6.07) is 27.5. The standard InChI is InChI=1S/C29H23N5O3/c35-18-27(36)19-6-12-25-24(16-19)26(14-15-30-25)34-28-13-7-20(17-31-28)29(37)33-23-10-8-22(9-11-23)32-21-4-2-1-3-5-21/h1-17,32,35H,18H2,(H,33,37)(H,30,31,34). The molecule has 0 aliphatic carbocycles. The van der Waals surface area contributed by atoms with Crippen LogP contribution < -0.4 is 16.0 Å². The fourth-order valence-electron chi connectivity index (χ4n) is 3.79. The quantitative estimate of drug-likeness (QED) is 0.211. The average Bonchev–Trinajstić information content (AvgIpc) is 2.94. The highest BCUT2D eigenvalue weighted by molar-refractivity contribution is 6.05. The van der Waals surface area contributed by atoms with Crippen LogP contribution >= 0.6 is 0 Å². The Morgan fingerprint density at radius 1 is 0.730 bits per heavy atom. The van der Waals surface area contributed by atoms with Crippen LogP contribution in [0.2, 0.25) is 0 Å². The maximum atomic E-state index is 12.7. The molecule has 4 N–H and O–H groups in total. The molecule has 8 heteroatoms. The normalized spacial score (nSPS) is 10.6. The van der Waals surface area contributed by atoms with E-state index in [1.54, 1.807) is 42.6 Å². The van der Waals surface area contributed by atoms with Crippen LogP contribution in [0.5, 0.6) is 0 Å². The number of ketones is 1. The second kappa shape index (κ2) is 10.7. The molecule has 0 unspecified atom stereocenters. The van der Waals surface area contributed by atoms with Crippen LogP contribution in [0, 0.1) is 0 Å². The molecule has 5 aromatic rings. The summed E-state index contributed by atoms with van der Waals surface area (Å²) < 4.78 is 0. The van der Waals surface area contributed by atoms with Gasteiger partial charge in [-0.3, -0.25) is 14.6 Å². The lowest BCUT2D eigenvalue weighted by atomic mass is 10.1. The summed E-state index contributed by atoms with van der Waals surface area (Å²) in [6.07, 6.45) is 3.15. The molecular formula is C29H23N5O3. The van der Waals surface area contributed by atoms with E-state index < -0.39 is 6.61 Å². The van der Waals surface area contributed by atoms with Gasteiger partial charge in [0.05, 0.1) is 16.8 Å². The van der Waals surface area contributed by atoms with E-state index in [0.717, 1.165) is 16.8 Å². The summed E-state index contributed by atoms with van der Waals surface area (Å²) in [4.78, 5) is 33.3. The molecule has 0 aliphatic heterocycles. The predicted molar refractivity (Wildman–Crippen MR) is 145 cm³/mol. The minimum absolute atomic E-state index is 0.274. The third-order valence-corrected chi connectivity index (χ3v) is 5.70. The smallest absolute Gasteiger partial charge is 0.257 e. The van der Waals surface area contributed by atoms with Crippen molar-refractivity contribution >= 4 is 51.2 Å². The topological polar surface area (TPSA) is 116 Å². The lowest BCUT2D eigenvalue weighted by Gasteiger charge is -2.11. The van der Waals surface area contributed by atoms with Crippen LogP contribution in [-0.4, -0.2) is 33.4 Å². The number of anilines is 5. The molecule has 0 atom stereocenters. The van der Waals surface area contributed by atoms with Gasteiger partial charge in [0, 0.05) is 40.4 Å². The maximum Gasteiger partial charge on any atom is 0.257 e. The fourth-order valence-corrected chi connectivity index (χ4v) is 3.79. The molecule has 3 aromatic carbocycles. The first-order valence-electron chi connectivity index (χ1n) is 11.6. The number of carbonyl (C=O) groups excluding carboxylic acids is 2. The largest absolute Gasteiger partial charge is 0.388 e. The molecule has 0 fully saturated rings. The molecule has 1 amide bonds. The van der Waals surface area contributed by atoms with Gasteiger partial charge in [-0.1, -0.05) is 18.2 Å². The van der Waals surface area contributed by atoms with Crippen molar-refractivity contribution in [2.24, 2.45) is 0 Å². The highest BCUT2D eigenvalue weighted by Crippen LogP contribution is 2.26. The number of benzene rings is 3. The van der Waals surface area contributed by atoms with Crippen molar-refractivity contribution in [1.29, 1.82) is 0 Å². The number of aliphatic hydroxyl groups excluding tert-OH is 1. The number of pyridine rings is 2. The molecule has 37 heavy (non-hydrogen) atoms. The van der Waals surface area contributed by atoms with Crippen LogP contribution in [0.15, 0.2) is 103 Å². The first-order valence-corrected chi connectivity index (χ1v) is 11.6. The number of nitrogens with zero attached hydrogens (tertiary/aromatic N) is 2. The molecule has 2 aromatic heterocycles. The highest BCUT2D eigenvalue weighted by atomic mass is 16.3. The molecule has 0 saturated carbocycles. The Morgan fingerprint density at radius 3 is 2.19 bits per heavy atom. The van der Waals surface area contributed by atoms with E-state index in [1.165, 1.54) is 6.20 Å². The molecule has 8 nitrogen and oxygen atoms in total. The Kier molecular flexibility index (Phi) is 6.82. The number of nitrogens with one attached hydrogen (secondary N) is 3. The molecule has 5 rings (SSSR count). The van der Waals surface area contributed by atoms with E-state index in [9.17, 15) is 9.59 Å². The zero-order valence-corrected chi connectivity index (χ0v) is 19.7. The number of rotatable bonds is 8. The van der Waals surface area contributed by atoms with Gasteiger partial charge in [0.25, 0.3) is 5.91 Å². The minimum atomic E-state index is -0.561. The van der Waals surface area contributed by atoms with Crippen LogP contribution in [0.25, 0.3) is 10.9 Å². The summed E-state index contributed by atoms with van der Waals surface area (Å²) in [5.41, 5.74) is 4.77. The Balaban J connectivity index is 1.25. The van der Waals surface area contributed by atoms with Gasteiger partial charge in [0.1, 0.15) is 12.4 Å². The van der Waals surface area contributed by atoms with Gasteiger partial charge in [-0.25, -0.2) is 4.98 Å². The van der Waals surface area contributed by atoms with Crippen LogP contribution in [0.4, 0.5) is 28.6 Å². The number of amides is 1. The summed E-state index contributed by atoms with van der Waals surface area (Å²) in [7, 11) is 0. The van der Waals surface area contributed by atoms with Gasteiger partial charge in [0.2, 0.25) is 0 Å². The van der Waals surface area contributed by atoms with Gasteiger partial charge >= 0.3 is 0 Å². The molecule has 0 bridgehead atoms. The second-order valence-electron chi connectivity index (χ2n) is 8.25. The molecule has 2 heterocycles. The minimum Gasteiger partial charge on any atom is -0.388 e. The van der Waals surface area contributed by atoms with Gasteiger partial charge in [-0.05, 0) is 72.8 Å². The zero-order chi connectivity index (χ0) is 25.6. The van der Waals surface area contributed by atoms with Crippen molar-refractivity contribution in [2.75, 3.05) is 22.6 Å². The summed E-state index contributed by atoms with van der Waals surface area (Å²) in [5, 5.41) is 19.3. The average molecular weight is 490 g/mol. The first-order chi connectivity index (χ1) is 18.1. The molecule has 0 aliphatic rings. The Morgan fingerprint density at radius 2 is 1.46 bits per heavy atom. The summed E-state index contributed by atoms with van der Waals surface area (Å²) >= 11 is 0. The first kappa shape index (κ1) is 23.7. The second-order valence-corrected chi connectivity index (χ2v) is 8.25. The number of para-hydroxylation sites is 1. The molecule has 182 valence electrons. The molecule has 0 saturated heterocycles. The number of fused-ring (bicyclic) bond motifs is 1. The Hall–Kier alpha value is -5.08. The van der Waals surface area contributed by atoms with E-state index in [4.69, 9.17) is 5.11 Å². The third kappa shape index (κ3) is 5.61. The van der Waals surface area contributed by atoms with Crippen LogP contribution in [0.1, 0.15) is 20.7 Å². The number of aliphatic hydroxyl groups is 1. The summed E-state index contributed by atoms with van der Waals surface area (Å²) in [6.45, 7) is -0.561. The maximum absolute atomic E-state index is 12.7. The molecule has 0 radical (unpaired) electrons. The van der Waals surface area contributed by atoms with E-state index in [1.807, 2.05) is 54.6 Å². The van der Waals surface area contributed by atoms with Gasteiger partial charge < -0.3 is 21.1 Å². The lowest BCUT2D eigenvalue weighted by Crippen LogP contribution is -2.12. The van der Waals surface area contributed by atoms with E-state index in [2.05, 4.69) is 25.9 Å². The number of carbonyl (C=O) groups is 2. The number of Topliss-reactive ketones (excluding diaryl/α,β-unsaturated/α-hetero) is 1. The van der Waals surface area contributed by atoms with Crippen molar-refractivity contribution in [1.82, 2.24) is 9.97 Å². The predicted octanol–water partition coefficient (Wildman–Crippen LogP) is 5.54.